The molecule has 2 nitrogen and oxygen atoms in total. The van der Waals surface area contributed by atoms with E-state index in [9.17, 15) is 0 Å². The maximum Gasteiger partial charge on any atom is 0.0977 e. The van der Waals surface area contributed by atoms with Gasteiger partial charge in [-0.1, -0.05) is 108 Å². The molecule has 0 spiro atoms. The van der Waals surface area contributed by atoms with E-state index in [1.807, 2.05) is 30.3 Å². The highest BCUT2D eigenvalue weighted by molar-refractivity contribution is 6.13. The van der Waals surface area contributed by atoms with E-state index in [1.54, 1.807) is 0 Å². The fraction of sp³-hybridized carbons (Fsp3) is 0.296. The fourth-order valence-corrected chi connectivity index (χ4v) is 3.19. The molecule has 0 saturated carbocycles. The van der Waals surface area contributed by atoms with Crippen molar-refractivity contribution >= 4 is 11.4 Å². The summed E-state index contributed by atoms with van der Waals surface area (Å²) in [5.41, 5.74) is 10.2. The van der Waals surface area contributed by atoms with Crippen molar-refractivity contribution in [3.05, 3.63) is 101 Å². The van der Waals surface area contributed by atoms with Crippen LogP contribution in [0.3, 0.4) is 0 Å². The van der Waals surface area contributed by atoms with Crippen LogP contribution in [0.25, 0.3) is 0 Å². The molecule has 0 bridgehead atoms. The molecule has 0 radical (unpaired) electrons. The number of para-hydroxylation sites is 1. The predicted octanol–water partition coefficient (Wildman–Crippen LogP) is 7.15. The molecule has 0 amide bonds. The largest absolute Gasteiger partial charge is 0.278 e. The number of benzene rings is 3. The average Bonchev–Trinajstić information content (AvgIpc) is 2.68. The summed E-state index contributed by atoms with van der Waals surface area (Å²) < 4.78 is 0. The van der Waals surface area contributed by atoms with E-state index < -0.39 is 0 Å². The van der Waals surface area contributed by atoms with Gasteiger partial charge in [-0.25, -0.2) is 0 Å². The molecule has 3 rings (SSSR count). The maximum atomic E-state index is 4.78. The normalized spacial score (nSPS) is 11.8. The van der Waals surface area contributed by atoms with Crippen LogP contribution in [0.4, 0.5) is 5.69 Å². The molecular formula is C27H32N2. The van der Waals surface area contributed by atoms with Crippen molar-refractivity contribution in [2.45, 2.75) is 52.4 Å². The number of rotatable bonds is 4. The van der Waals surface area contributed by atoms with Gasteiger partial charge in [0.25, 0.3) is 0 Å². The highest BCUT2D eigenvalue weighted by Crippen LogP contribution is 2.25. The van der Waals surface area contributed by atoms with Gasteiger partial charge in [0.1, 0.15) is 0 Å². The highest BCUT2D eigenvalue weighted by atomic mass is 15.3. The summed E-state index contributed by atoms with van der Waals surface area (Å²) in [6, 6.07) is 27.6. The van der Waals surface area contributed by atoms with Crippen molar-refractivity contribution < 1.29 is 0 Å². The number of nitrogens with zero attached hydrogens (tertiary/aromatic N) is 1. The smallest absolute Gasteiger partial charge is 0.0977 e. The Morgan fingerprint density at radius 2 is 1.00 bits per heavy atom. The van der Waals surface area contributed by atoms with Crippen LogP contribution in [0, 0.1) is 0 Å². The van der Waals surface area contributed by atoms with Crippen molar-refractivity contribution in [3.63, 3.8) is 0 Å². The van der Waals surface area contributed by atoms with Gasteiger partial charge in [-0.05, 0) is 34.1 Å². The third kappa shape index (κ3) is 5.35. The van der Waals surface area contributed by atoms with Crippen molar-refractivity contribution in [2.24, 2.45) is 5.10 Å². The topological polar surface area (TPSA) is 24.4 Å². The average molecular weight is 385 g/mol. The standard InChI is InChI=1S/C27H32N2/c1-26(2,3)22-16-12-20(13-17-22)25(29-28-24-10-8-7-9-11-24)21-14-18-23(19-15-21)27(4,5)6/h7-19,28H,1-6H3. The van der Waals surface area contributed by atoms with Gasteiger partial charge < -0.3 is 0 Å². The van der Waals surface area contributed by atoms with Crippen LogP contribution in [0.2, 0.25) is 0 Å². The number of nitrogens with one attached hydrogen (secondary N) is 1. The molecule has 0 aliphatic heterocycles. The van der Waals surface area contributed by atoms with Crippen LogP contribution >= 0.6 is 0 Å². The van der Waals surface area contributed by atoms with E-state index in [2.05, 4.69) is 95.5 Å². The van der Waals surface area contributed by atoms with E-state index in [4.69, 9.17) is 5.10 Å². The predicted molar refractivity (Wildman–Crippen MR) is 126 cm³/mol. The van der Waals surface area contributed by atoms with Crippen molar-refractivity contribution in [2.75, 3.05) is 5.43 Å². The zero-order valence-corrected chi connectivity index (χ0v) is 18.5. The molecule has 0 fully saturated rings. The first-order valence-corrected chi connectivity index (χ1v) is 10.3. The Morgan fingerprint density at radius 1 is 0.586 bits per heavy atom. The summed E-state index contributed by atoms with van der Waals surface area (Å²) in [5, 5.41) is 4.78. The second-order valence-electron chi connectivity index (χ2n) is 9.59. The van der Waals surface area contributed by atoms with Gasteiger partial charge in [0.05, 0.1) is 11.4 Å². The third-order valence-electron chi connectivity index (χ3n) is 5.12. The second-order valence-corrected chi connectivity index (χ2v) is 9.59. The zero-order chi connectivity index (χ0) is 21.1. The van der Waals surface area contributed by atoms with Crippen LogP contribution in [0.15, 0.2) is 84.0 Å². The Balaban J connectivity index is 2.00. The van der Waals surface area contributed by atoms with E-state index >= 15 is 0 Å². The minimum Gasteiger partial charge on any atom is -0.278 e. The number of hydrogen-bond acceptors (Lipinski definition) is 2. The van der Waals surface area contributed by atoms with Crippen LogP contribution in [-0.4, -0.2) is 5.71 Å². The van der Waals surface area contributed by atoms with Crippen molar-refractivity contribution in [1.29, 1.82) is 0 Å². The Kier molecular flexibility index (Phi) is 5.93. The van der Waals surface area contributed by atoms with Crippen LogP contribution in [0.1, 0.15) is 63.8 Å². The molecule has 0 atom stereocenters. The van der Waals surface area contributed by atoms with E-state index in [0.717, 1.165) is 22.5 Å². The Hall–Kier alpha value is -2.87. The summed E-state index contributed by atoms with van der Waals surface area (Å²) >= 11 is 0. The molecule has 0 aliphatic rings. The second kappa shape index (κ2) is 8.24. The SMILES string of the molecule is CC(C)(C)c1ccc(C(=NNc2ccccc2)c2ccc(C(C)(C)C)cc2)cc1. The van der Waals surface area contributed by atoms with Crippen LogP contribution < -0.4 is 5.43 Å². The van der Waals surface area contributed by atoms with E-state index in [1.165, 1.54) is 11.1 Å². The molecule has 0 saturated heterocycles. The molecule has 150 valence electrons. The molecule has 29 heavy (non-hydrogen) atoms. The van der Waals surface area contributed by atoms with Gasteiger partial charge >= 0.3 is 0 Å². The van der Waals surface area contributed by atoms with Gasteiger partial charge in [-0.3, -0.25) is 5.43 Å². The van der Waals surface area contributed by atoms with E-state index in [0.29, 0.717) is 0 Å². The number of hydrogen-bond donors (Lipinski definition) is 1. The highest BCUT2D eigenvalue weighted by Gasteiger charge is 2.16. The van der Waals surface area contributed by atoms with Crippen molar-refractivity contribution in [3.8, 4) is 0 Å². The lowest BCUT2D eigenvalue weighted by atomic mass is 9.85. The monoisotopic (exact) mass is 384 g/mol. The first-order valence-electron chi connectivity index (χ1n) is 10.3. The lowest BCUT2D eigenvalue weighted by Gasteiger charge is -2.20. The van der Waals surface area contributed by atoms with Gasteiger partial charge in [0, 0.05) is 11.1 Å². The zero-order valence-electron chi connectivity index (χ0n) is 18.5. The third-order valence-corrected chi connectivity index (χ3v) is 5.12. The first kappa shape index (κ1) is 20.9. The Bertz CT molecular complexity index is 893. The number of hydrazone groups is 1. The van der Waals surface area contributed by atoms with Crippen LogP contribution in [0.5, 0.6) is 0 Å². The molecule has 3 aromatic carbocycles. The fourth-order valence-electron chi connectivity index (χ4n) is 3.19. The summed E-state index contributed by atoms with van der Waals surface area (Å²) in [6.07, 6.45) is 0. The van der Waals surface area contributed by atoms with Gasteiger partial charge in [0.2, 0.25) is 0 Å². The molecule has 0 aliphatic carbocycles. The Morgan fingerprint density at radius 3 is 1.38 bits per heavy atom. The summed E-state index contributed by atoms with van der Waals surface area (Å²) in [6.45, 7) is 13.4. The van der Waals surface area contributed by atoms with Gasteiger partial charge in [-0.2, -0.15) is 5.10 Å². The minimum absolute atomic E-state index is 0.131. The summed E-state index contributed by atoms with van der Waals surface area (Å²) in [7, 11) is 0. The number of anilines is 1. The maximum absolute atomic E-state index is 4.78. The van der Waals surface area contributed by atoms with Gasteiger partial charge in [-0.15, -0.1) is 0 Å². The van der Waals surface area contributed by atoms with E-state index in [-0.39, 0.29) is 10.8 Å². The summed E-state index contributed by atoms with van der Waals surface area (Å²) in [5.74, 6) is 0. The molecular weight excluding hydrogens is 352 g/mol. The summed E-state index contributed by atoms with van der Waals surface area (Å²) in [4.78, 5) is 0. The quantitative estimate of drug-likeness (QED) is 0.375. The lowest BCUT2D eigenvalue weighted by molar-refractivity contribution is 0.590. The minimum atomic E-state index is 0.131. The molecule has 0 aromatic heterocycles. The van der Waals surface area contributed by atoms with Crippen molar-refractivity contribution in [1.82, 2.24) is 0 Å². The van der Waals surface area contributed by atoms with Crippen LogP contribution in [-0.2, 0) is 10.8 Å². The molecule has 0 heterocycles. The van der Waals surface area contributed by atoms with Gasteiger partial charge in [0.15, 0.2) is 0 Å². The molecule has 2 heteroatoms. The lowest BCUT2D eigenvalue weighted by Crippen LogP contribution is -2.13. The molecule has 0 unspecified atom stereocenters. The molecule has 3 aromatic rings. The Labute approximate surface area is 175 Å². The molecule has 1 N–H and O–H groups in total. The first-order chi connectivity index (χ1) is 13.6.